The first-order valence-corrected chi connectivity index (χ1v) is 5.75. The van der Waals surface area contributed by atoms with Crippen LogP contribution in [0.5, 0.6) is 5.88 Å². The maximum Gasteiger partial charge on any atom is 0.226 e. The van der Waals surface area contributed by atoms with Crippen molar-refractivity contribution in [3.8, 4) is 5.88 Å². The lowest BCUT2D eigenvalue weighted by Gasteiger charge is -2.09. The number of ether oxygens (including phenoxy) is 1. The van der Waals surface area contributed by atoms with E-state index in [4.69, 9.17) is 4.74 Å². The molecule has 2 aliphatic rings. The maximum absolute atomic E-state index is 5.29. The first-order valence-electron chi connectivity index (χ1n) is 5.75. The summed E-state index contributed by atoms with van der Waals surface area (Å²) in [5.41, 5.74) is 2.16. The lowest BCUT2D eigenvalue weighted by atomic mass is 10.2. The Morgan fingerprint density at radius 2 is 2.25 bits per heavy atom. The van der Waals surface area contributed by atoms with Crippen LogP contribution < -0.4 is 15.4 Å². The van der Waals surface area contributed by atoms with Gasteiger partial charge in [-0.2, -0.15) is 4.98 Å². The van der Waals surface area contributed by atoms with Crippen LogP contribution in [0.2, 0.25) is 0 Å². The van der Waals surface area contributed by atoms with E-state index in [0.29, 0.717) is 11.8 Å². The van der Waals surface area contributed by atoms with Gasteiger partial charge in [-0.25, -0.2) is 4.98 Å². The molecule has 1 aromatic heterocycles. The Hall–Kier alpha value is -1.36. The van der Waals surface area contributed by atoms with Gasteiger partial charge in [0.25, 0.3) is 0 Å². The van der Waals surface area contributed by atoms with Gasteiger partial charge in [0.15, 0.2) is 0 Å². The smallest absolute Gasteiger partial charge is 0.226 e. The molecule has 1 fully saturated rings. The molecule has 2 heterocycles. The third-order valence-electron chi connectivity index (χ3n) is 3.09. The first-order chi connectivity index (χ1) is 7.86. The fourth-order valence-corrected chi connectivity index (χ4v) is 1.94. The van der Waals surface area contributed by atoms with Crippen LogP contribution in [0.15, 0.2) is 0 Å². The number of nitrogens with zero attached hydrogens (tertiary/aromatic N) is 2. The molecule has 1 aliphatic heterocycles. The van der Waals surface area contributed by atoms with Crippen LogP contribution >= 0.6 is 0 Å². The summed E-state index contributed by atoms with van der Waals surface area (Å²) in [6, 6.07) is 0. The highest BCUT2D eigenvalue weighted by molar-refractivity contribution is 5.40. The molecule has 0 bridgehead atoms. The van der Waals surface area contributed by atoms with Crippen molar-refractivity contribution < 1.29 is 4.74 Å². The van der Waals surface area contributed by atoms with E-state index in [-0.39, 0.29) is 0 Å². The Balaban J connectivity index is 1.81. The first kappa shape index (κ1) is 9.84. The van der Waals surface area contributed by atoms with Crippen LogP contribution in [0.3, 0.4) is 0 Å². The molecule has 86 valence electrons. The third kappa shape index (κ3) is 1.82. The molecule has 0 amide bonds. The minimum Gasteiger partial charge on any atom is -0.481 e. The molecule has 3 rings (SSSR count). The average Bonchev–Trinajstić information content (AvgIpc) is 3.02. The van der Waals surface area contributed by atoms with Gasteiger partial charge in [0, 0.05) is 19.6 Å². The molecule has 5 heteroatoms. The topological polar surface area (TPSA) is 59.1 Å². The predicted molar refractivity (Wildman–Crippen MR) is 60.3 cm³/mol. The largest absolute Gasteiger partial charge is 0.481 e. The summed E-state index contributed by atoms with van der Waals surface area (Å²) in [6.45, 7) is 2.60. The molecule has 0 aromatic carbocycles. The number of fused-ring (bicyclic) bond motifs is 1. The van der Waals surface area contributed by atoms with Gasteiger partial charge in [-0.05, 0) is 18.8 Å². The number of methoxy groups -OCH3 is 1. The van der Waals surface area contributed by atoms with E-state index >= 15 is 0 Å². The minimum absolute atomic E-state index is 0.700. The number of hydrogen-bond acceptors (Lipinski definition) is 5. The van der Waals surface area contributed by atoms with Crippen molar-refractivity contribution in [2.45, 2.75) is 25.9 Å². The van der Waals surface area contributed by atoms with E-state index in [9.17, 15) is 0 Å². The zero-order valence-corrected chi connectivity index (χ0v) is 9.42. The van der Waals surface area contributed by atoms with E-state index in [0.717, 1.165) is 36.8 Å². The summed E-state index contributed by atoms with van der Waals surface area (Å²) in [5, 5.41) is 6.54. The maximum atomic E-state index is 5.29. The van der Waals surface area contributed by atoms with Crippen LogP contribution in [0.25, 0.3) is 0 Å². The molecule has 2 N–H and O–H groups in total. The van der Waals surface area contributed by atoms with Crippen LogP contribution in [-0.4, -0.2) is 23.6 Å². The number of nitrogens with one attached hydrogen (secondary N) is 2. The van der Waals surface area contributed by atoms with Crippen molar-refractivity contribution in [3.05, 3.63) is 11.3 Å². The molecule has 0 spiro atoms. The molecule has 16 heavy (non-hydrogen) atoms. The second-order valence-corrected chi connectivity index (χ2v) is 4.41. The van der Waals surface area contributed by atoms with E-state index in [1.165, 1.54) is 12.8 Å². The number of rotatable bonds is 4. The van der Waals surface area contributed by atoms with E-state index in [2.05, 4.69) is 20.6 Å². The van der Waals surface area contributed by atoms with Gasteiger partial charge in [0.05, 0.1) is 18.4 Å². The van der Waals surface area contributed by atoms with E-state index < -0.39 is 0 Å². The van der Waals surface area contributed by atoms with E-state index in [1.54, 1.807) is 7.11 Å². The molecule has 0 radical (unpaired) electrons. The highest BCUT2D eigenvalue weighted by Crippen LogP contribution is 2.29. The van der Waals surface area contributed by atoms with Crippen molar-refractivity contribution >= 4 is 5.95 Å². The van der Waals surface area contributed by atoms with Gasteiger partial charge in [0.1, 0.15) is 0 Å². The second kappa shape index (κ2) is 3.90. The van der Waals surface area contributed by atoms with Crippen molar-refractivity contribution in [1.29, 1.82) is 0 Å². The Kier molecular flexibility index (Phi) is 2.40. The molecule has 0 unspecified atom stereocenters. The standard InChI is InChI=1S/C11H16N4O/c1-16-10-8-5-12-6-9(8)14-11(15-10)13-4-7-2-3-7/h7,12H,2-6H2,1H3,(H,13,14,15). The number of hydrogen-bond donors (Lipinski definition) is 2. The van der Waals surface area contributed by atoms with Crippen molar-refractivity contribution in [1.82, 2.24) is 15.3 Å². The Morgan fingerprint density at radius 1 is 1.38 bits per heavy atom. The van der Waals surface area contributed by atoms with E-state index in [1.807, 2.05) is 0 Å². The molecule has 0 atom stereocenters. The van der Waals surface area contributed by atoms with Crippen molar-refractivity contribution in [3.63, 3.8) is 0 Å². The Bertz CT molecular complexity index is 403. The van der Waals surface area contributed by atoms with Crippen LogP contribution in [-0.2, 0) is 13.1 Å². The Morgan fingerprint density at radius 3 is 3.00 bits per heavy atom. The molecular weight excluding hydrogens is 204 g/mol. The lowest BCUT2D eigenvalue weighted by Crippen LogP contribution is -2.09. The zero-order chi connectivity index (χ0) is 11.0. The summed E-state index contributed by atoms with van der Waals surface area (Å²) in [6.07, 6.45) is 2.66. The van der Waals surface area contributed by atoms with Gasteiger partial charge < -0.3 is 15.4 Å². The minimum atomic E-state index is 0.700. The van der Waals surface area contributed by atoms with Crippen LogP contribution in [0, 0.1) is 5.92 Å². The normalized spacial score (nSPS) is 18.3. The average molecular weight is 220 g/mol. The van der Waals surface area contributed by atoms with Gasteiger partial charge >= 0.3 is 0 Å². The SMILES string of the molecule is COc1nc(NCC2CC2)nc2c1CNC2. The van der Waals surface area contributed by atoms with Gasteiger partial charge in [0.2, 0.25) is 11.8 Å². The molecular formula is C11H16N4O. The molecule has 5 nitrogen and oxygen atoms in total. The summed E-state index contributed by atoms with van der Waals surface area (Å²) < 4.78 is 5.29. The molecule has 1 aromatic rings. The van der Waals surface area contributed by atoms with Gasteiger partial charge in [-0.15, -0.1) is 0 Å². The quantitative estimate of drug-likeness (QED) is 0.790. The summed E-state index contributed by atoms with van der Waals surface area (Å²) in [5.74, 6) is 2.22. The highest BCUT2D eigenvalue weighted by atomic mass is 16.5. The number of aromatic nitrogens is 2. The zero-order valence-electron chi connectivity index (χ0n) is 9.42. The summed E-state index contributed by atoms with van der Waals surface area (Å²) >= 11 is 0. The summed E-state index contributed by atoms with van der Waals surface area (Å²) in [7, 11) is 1.66. The highest BCUT2D eigenvalue weighted by Gasteiger charge is 2.23. The molecule has 1 saturated carbocycles. The van der Waals surface area contributed by atoms with Crippen molar-refractivity contribution in [2.24, 2.45) is 5.92 Å². The van der Waals surface area contributed by atoms with Crippen LogP contribution in [0.4, 0.5) is 5.95 Å². The lowest BCUT2D eigenvalue weighted by molar-refractivity contribution is 0.392. The van der Waals surface area contributed by atoms with Gasteiger partial charge in [-0.3, -0.25) is 0 Å². The van der Waals surface area contributed by atoms with Gasteiger partial charge in [-0.1, -0.05) is 0 Å². The predicted octanol–water partition coefficient (Wildman–Crippen LogP) is 0.910. The number of anilines is 1. The fraction of sp³-hybridized carbons (Fsp3) is 0.636. The molecule has 1 aliphatic carbocycles. The second-order valence-electron chi connectivity index (χ2n) is 4.41. The monoisotopic (exact) mass is 220 g/mol. The fourth-order valence-electron chi connectivity index (χ4n) is 1.94. The summed E-state index contributed by atoms with van der Waals surface area (Å²) in [4.78, 5) is 8.88. The van der Waals surface area contributed by atoms with Crippen LogP contribution in [0.1, 0.15) is 24.1 Å². The Labute approximate surface area is 94.6 Å². The molecule has 0 saturated heterocycles. The third-order valence-corrected chi connectivity index (χ3v) is 3.09. The van der Waals surface area contributed by atoms with Crippen molar-refractivity contribution in [2.75, 3.05) is 19.0 Å².